The van der Waals surface area contributed by atoms with Gasteiger partial charge in [0.25, 0.3) is 0 Å². The molecular formula is C16H19N2O+. The van der Waals surface area contributed by atoms with Crippen molar-refractivity contribution in [1.29, 1.82) is 0 Å². The number of nitrogens with zero attached hydrogens (tertiary/aromatic N) is 2. The maximum absolute atomic E-state index is 12.2. The summed E-state index contributed by atoms with van der Waals surface area (Å²) in [5, 5.41) is 0. The van der Waals surface area contributed by atoms with E-state index < -0.39 is 5.41 Å². The average molecular weight is 255 g/mol. The number of aromatic nitrogens is 2. The Labute approximate surface area is 113 Å². The first-order valence-electron chi connectivity index (χ1n) is 6.40. The molecule has 0 aliphatic rings. The van der Waals surface area contributed by atoms with Gasteiger partial charge in [0.05, 0.1) is 6.20 Å². The van der Waals surface area contributed by atoms with Crippen LogP contribution in [0.15, 0.2) is 48.9 Å². The zero-order valence-electron chi connectivity index (χ0n) is 11.6. The Morgan fingerprint density at radius 3 is 2.53 bits per heavy atom. The monoisotopic (exact) mass is 255 g/mol. The molecule has 0 bridgehead atoms. The summed E-state index contributed by atoms with van der Waals surface area (Å²) in [7, 11) is 0. The second kappa shape index (κ2) is 5.31. The second-order valence-electron chi connectivity index (χ2n) is 5.68. The first-order chi connectivity index (χ1) is 8.97. The molecular weight excluding hydrogens is 236 g/mol. The van der Waals surface area contributed by atoms with Gasteiger partial charge in [-0.25, -0.2) is 4.98 Å². The quantitative estimate of drug-likeness (QED) is 0.624. The van der Waals surface area contributed by atoms with Crippen LogP contribution in [0.3, 0.4) is 0 Å². The van der Waals surface area contributed by atoms with Crippen molar-refractivity contribution in [3.8, 4) is 0 Å². The van der Waals surface area contributed by atoms with Gasteiger partial charge in [-0.2, -0.15) is 4.57 Å². The molecule has 1 aromatic carbocycles. The third-order valence-electron chi connectivity index (χ3n) is 2.88. The van der Waals surface area contributed by atoms with Crippen LogP contribution in [-0.2, 0) is 6.54 Å². The van der Waals surface area contributed by atoms with Crippen LogP contribution in [0.1, 0.15) is 36.8 Å². The maximum atomic E-state index is 12.2. The van der Waals surface area contributed by atoms with Crippen LogP contribution in [0, 0.1) is 5.41 Å². The molecule has 0 fully saturated rings. The normalized spacial score (nSPS) is 11.3. The maximum Gasteiger partial charge on any atom is 0.198 e. The molecule has 0 atom stereocenters. The van der Waals surface area contributed by atoms with E-state index in [1.165, 1.54) is 5.56 Å². The molecule has 0 saturated heterocycles. The zero-order valence-corrected chi connectivity index (χ0v) is 11.6. The number of ketones is 1. The lowest BCUT2D eigenvalue weighted by Gasteiger charge is -2.14. The topological polar surface area (TPSA) is 33.8 Å². The average Bonchev–Trinajstić information content (AvgIpc) is 2.38. The molecule has 0 aliphatic heterocycles. The minimum Gasteiger partial charge on any atom is -0.292 e. The Kier molecular flexibility index (Phi) is 3.74. The highest BCUT2D eigenvalue weighted by Crippen LogP contribution is 2.18. The Morgan fingerprint density at radius 2 is 1.89 bits per heavy atom. The molecule has 3 nitrogen and oxygen atoms in total. The van der Waals surface area contributed by atoms with Gasteiger partial charge in [-0.05, 0) is 0 Å². The van der Waals surface area contributed by atoms with Gasteiger partial charge >= 0.3 is 0 Å². The van der Waals surface area contributed by atoms with E-state index in [4.69, 9.17) is 0 Å². The van der Waals surface area contributed by atoms with Crippen LogP contribution in [-0.4, -0.2) is 10.8 Å². The molecule has 0 aliphatic carbocycles. The van der Waals surface area contributed by atoms with E-state index in [-0.39, 0.29) is 5.78 Å². The Balaban J connectivity index is 2.23. The molecule has 0 unspecified atom stereocenters. The van der Waals surface area contributed by atoms with E-state index in [1.807, 2.05) is 55.9 Å². The molecule has 0 N–H and O–H groups in total. The van der Waals surface area contributed by atoms with Gasteiger partial charge in [0.2, 0.25) is 0 Å². The Bertz CT molecular complexity index is 571. The largest absolute Gasteiger partial charge is 0.292 e. The molecule has 19 heavy (non-hydrogen) atoms. The lowest BCUT2D eigenvalue weighted by Crippen LogP contribution is -2.36. The van der Waals surface area contributed by atoms with Crippen LogP contribution < -0.4 is 4.57 Å². The number of carbonyl (C=O) groups is 1. The number of hydrogen-bond acceptors (Lipinski definition) is 2. The highest BCUT2D eigenvalue weighted by atomic mass is 16.1. The number of hydrogen-bond donors (Lipinski definition) is 0. The Morgan fingerprint density at radius 1 is 1.21 bits per heavy atom. The highest BCUT2D eigenvalue weighted by Gasteiger charge is 2.26. The van der Waals surface area contributed by atoms with Crippen LogP contribution in [0.4, 0.5) is 0 Å². The summed E-state index contributed by atoms with van der Waals surface area (Å²) in [6, 6.07) is 10.2. The smallest absolute Gasteiger partial charge is 0.198 e. The van der Waals surface area contributed by atoms with Gasteiger partial charge in [-0.15, -0.1) is 0 Å². The molecule has 0 amide bonds. The van der Waals surface area contributed by atoms with Gasteiger partial charge in [-0.1, -0.05) is 51.1 Å². The first-order valence-corrected chi connectivity index (χ1v) is 6.40. The van der Waals surface area contributed by atoms with Gasteiger partial charge in [0.15, 0.2) is 30.4 Å². The zero-order chi connectivity index (χ0) is 13.9. The van der Waals surface area contributed by atoms with Crippen molar-refractivity contribution in [2.75, 3.05) is 0 Å². The van der Waals surface area contributed by atoms with Gasteiger partial charge in [0.1, 0.15) is 0 Å². The molecule has 0 spiro atoms. The van der Waals surface area contributed by atoms with Gasteiger partial charge in [-0.3, -0.25) is 4.79 Å². The van der Waals surface area contributed by atoms with Crippen molar-refractivity contribution in [3.05, 3.63) is 60.2 Å². The fourth-order valence-electron chi connectivity index (χ4n) is 1.83. The SMILES string of the molecule is CC(C)(C)C(=O)c1c[n+](Cc2ccccc2)ccn1. The highest BCUT2D eigenvalue weighted by molar-refractivity contribution is 5.97. The molecule has 1 aromatic heterocycles. The number of carbonyl (C=O) groups excluding carboxylic acids is 1. The Hall–Kier alpha value is -2.03. The minimum atomic E-state index is -0.404. The summed E-state index contributed by atoms with van der Waals surface area (Å²) in [5.74, 6) is 0.0647. The number of rotatable bonds is 3. The third kappa shape index (κ3) is 3.47. The van der Waals surface area contributed by atoms with Gasteiger partial charge in [0, 0.05) is 11.0 Å². The molecule has 3 heteroatoms. The van der Waals surface area contributed by atoms with Crippen molar-refractivity contribution < 1.29 is 9.36 Å². The third-order valence-corrected chi connectivity index (χ3v) is 2.88. The number of Topliss-reactive ketones (excluding diaryl/α,β-unsaturated/α-hetero) is 1. The standard InChI is InChI=1S/C16H19N2O/c1-16(2,3)15(19)14-12-18(10-9-17-14)11-13-7-5-4-6-8-13/h4-10,12H,11H2,1-3H3/q+1. The van der Waals surface area contributed by atoms with Gasteiger partial charge < -0.3 is 0 Å². The summed E-state index contributed by atoms with van der Waals surface area (Å²) in [6.07, 6.45) is 5.38. The van der Waals surface area contributed by atoms with E-state index in [9.17, 15) is 4.79 Å². The van der Waals surface area contributed by atoms with E-state index in [0.29, 0.717) is 5.69 Å². The molecule has 0 radical (unpaired) electrons. The van der Waals surface area contributed by atoms with Crippen molar-refractivity contribution in [2.24, 2.45) is 5.41 Å². The van der Waals surface area contributed by atoms with Crippen molar-refractivity contribution in [1.82, 2.24) is 4.98 Å². The lowest BCUT2D eigenvalue weighted by atomic mass is 9.89. The minimum absolute atomic E-state index is 0.0647. The van der Waals surface area contributed by atoms with E-state index in [2.05, 4.69) is 17.1 Å². The van der Waals surface area contributed by atoms with Crippen LogP contribution >= 0.6 is 0 Å². The predicted octanol–water partition coefficient (Wildman–Crippen LogP) is 2.65. The van der Waals surface area contributed by atoms with E-state index >= 15 is 0 Å². The molecule has 0 saturated carbocycles. The van der Waals surface area contributed by atoms with E-state index in [1.54, 1.807) is 6.20 Å². The lowest BCUT2D eigenvalue weighted by molar-refractivity contribution is -0.689. The van der Waals surface area contributed by atoms with Crippen molar-refractivity contribution in [3.63, 3.8) is 0 Å². The molecule has 98 valence electrons. The predicted molar refractivity (Wildman–Crippen MR) is 73.8 cm³/mol. The summed E-state index contributed by atoms with van der Waals surface area (Å²) >= 11 is 0. The first kappa shape index (κ1) is 13.4. The summed E-state index contributed by atoms with van der Waals surface area (Å²) in [4.78, 5) is 16.4. The fourth-order valence-corrected chi connectivity index (χ4v) is 1.83. The van der Waals surface area contributed by atoms with Crippen LogP contribution in [0.25, 0.3) is 0 Å². The van der Waals surface area contributed by atoms with Crippen molar-refractivity contribution in [2.45, 2.75) is 27.3 Å². The fraction of sp³-hybridized carbons (Fsp3) is 0.312. The second-order valence-corrected chi connectivity index (χ2v) is 5.68. The summed E-state index contributed by atoms with van der Waals surface area (Å²) in [5.41, 5.74) is 1.32. The van der Waals surface area contributed by atoms with E-state index in [0.717, 1.165) is 6.54 Å². The molecule has 2 aromatic rings. The van der Waals surface area contributed by atoms with Crippen LogP contribution in [0.5, 0.6) is 0 Å². The van der Waals surface area contributed by atoms with Crippen molar-refractivity contribution >= 4 is 5.78 Å². The summed E-state index contributed by atoms with van der Waals surface area (Å²) < 4.78 is 1.99. The summed E-state index contributed by atoms with van der Waals surface area (Å²) in [6.45, 7) is 6.47. The molecule has 1 heterocycles. The molecule has 2 rings (SSSR count). The number of benzene rings is 1. The van der Waals surface area contributed by atoms with Crippen LogP contribution in [0.2, 0.25) is 0 Å².